The largest absolute Gasteiger partial charge is 0.352 e. The van der Waals surface area contributed by atoms with E-state index in [4.69, 9.17) is 0 Å². The van der Waals surface area contributed by atoms with Crippen LogP contribution in [0.15, 0.2) is 108 Å². The average molecular weight is 626 g/mol. The quantitative estimate of drug-likeness (QED) is 0.187. The Balaban J connectivity index is 1.84. The Morgan fingerprint density at radius 2 is 1.38 bits per heavy atom. The number of aryl methyl sites for hydroxylation is 2. The number of nitrogens with one attached hydrogen (secondary N) is 1. The van der Waals surface area contributed by atoms with Crippen LogP contribution >= 0.6 is 0 Å². The van der Waals surface area contributed by atoms with Gasteiger partial charge in [0, 0.05) is 19.0 Å². The molecule has 0 heterocycles. The van der Waals surface area contributed by atoms with Gasteiger partial charge < -0.3 is 10.2 Å². The monoisotopic (exact) mass is 625 g/mol. The summed E-state index contributed by atoms with van der Waals surface area (Å²) in [5.74, 6) is -0.752. The normalized spacial score (nSPS) is 12.6. The average Bonchev–Trinajstić information content (AvgIpc) is 3.04. The summed E-state index contributed by atoms with van der Waals surface area (Å²) in [6.07, 6.45) is 1.00. The Bertz CT molecular complexity index is 1710. The van der Waals surface area contributed by atoms with Gasteiger partial charge in [0.05, 0.1) is 10.6 Å². The van der Waals surface area contributed by atoms with E-state index in [1.54, 1.807) is 35.2 Å². The van der Waals surface area contributed by atoms with E-state index in [2.05, 4.69) is 5.32 Å². The molecule has 0 fully saturated rings. The molecule has 0 bridgehead atoms. The van der Waals surface area contributed by atoms with Crippen molar-refractivity contribution in [3.05, 3.63) is 131 Å². The summed E-state index contributed by atoms with van der Waals surface area (Å²) in [5, 5.41) is 3.08. The molecule has 0 aromatic heterocycles. The maximum atomic E-state index is 14.6. The van der Waals surface area contributed by atoms with Gasteiger partial charge in [-0.3, -0.25) is 13.9 Å². The van der Waals surface area contributed by atoms with Gasteiger partial charge in [0.25, 0.3) is 10.0 Å². The number of benzene rings is 4. The minimum Gasteiger partial charge on any atom is -0.352 e. The number of amides is 2. The maximum absolute atomic E-state index is 14.6. The summed E-state index contributed by atoms with van der Waals surface area (Å²) >= 11 is 0. The van der Waals surface area contributed by atoms with Crippen molar-refractivity contribution in [1.29, 1.82) is 0 Å². The molecule has 0 aliphatic carbocycles. The summed E-state index contributed by atoms with van der Waals surface area (Å²) in [6.45, 7) is 9.31. The predicted octanol–water partition coefficient (Wildman–Crippen LogP) is 6.36. The van der Waals surface area contributed by atoms with Crippen LogP contribution in [-0.2, 0) is 32.6 Å². The molecule has 2 atom stereocenters. The van der Waals surface area contributed by atoms with Crippen LogP contribution in [0.5, 0.6) is 0 Å². The van der Waals surface area contributed by atoms with Crippen LogP contribution in [0.2, 0.25) is 0 Å². The Kier molecular flexibility index (Phi) is 11.2. The van der Waals surface area contributed by atoms with Crippen LogP contribution < -0.4 is 9.62 Å². The highest BCUT2D eigenvalue weighted by molar-refractivity contribution is 7.92. The Hall–Kier alpha value is -4.43. The van der Waals surface area contributed by atoms with Gasteiger partial charge in [-0.1, -0.05) is 91.9 Å². The van der Waals surface area contributed by atoms with Gasteiger partial charge >= 0.3 is 0 Å². The molecule has 0 saturated carbocycles. The van der Waals surface area contributed by atoms with E-state index in [0.29, 0.717) is 5.69 Å². The molecular formula is C37H43N3O4S. The highest BCUT2D eigenvalue weighted by atomic mass is 32.2. The second-order valence-corrected chi connectivity index (χ2v) is 13.4. The van der Waals surface area contributed by atoms with Crippen molar-refractivity contribution in [3.8, 4) is 0 Å². The van der Waals surface area contributed by atoms with Crippen molar-refractivity contribution < 1.29 is 18.0 Å². The smallest absolute Gasteiger partial charge is 0.264 e. The first-order chi connectivity index (χ1) is 21.5. The number of rotatable bonds is 13. The molecular weight excluding hydrogens is 582 g/mol. The number of carbonyl (C=O) groups excluding carboxylic acids is 2. The number of anilines is 1. The van der Waals surface area contributed by atoms with Crippen molar-refractivity contribution in [3.63, 3.8) is 0 Å². The van der Waals surface area contributed by atoms with Crippen molar-refractivity contribution in [2.24, 2.45) is 0 Å². The highest BCUT2D eigenvalue weighted by Gasteiger charge is 2.35. The van der Waals surface area contributed by atoms with E-state index in [1.807, 2.05) is 95.3 Å². The Morgan fingerprint density at radius 3 is 2.02 bits per heavy atom. The zero-order chi connectivity index (χ0) is 32.6. The lowest BCUT2D eigenvalue weighted by molar-refractivity contribution is -0.140. The van der Waals surface area contributed by atoms with Crippen molar-refractivity contribution in [2.75, 3.05) is 10.8 Å². The van der Waals surface area contributed by atoms with Crippen LogP contribution in [0.4, 0.5) is 5.69 Å². The summed E-state index contributed by atoms with van der Waals surface area (Å²) < 4.78 is 29.6. The second kappa shape index (κ2) is 15.0. The lowest BCUT2D eigenvalue weighted by Gasteiger charge is -2.35. The fourth-order valence-electron chi connectivity index (χ4n) is 5.20. The first-order valence-electron chi connectivity index (χ1n) is 15.3. The van der Waals surface area contributed by atoms with Crippen molar-refractivity contribution in [2.45, 2.75) is 71.0 Å². The van der Waals surface area contributed by atoms with Gasteiger partial charge in [0.1, 0.15) is 12.6 Å². The topological polar surface area (TPSA) is 86.8 Å². The number of sulfonamides is 1. The molecule has 4 aromatic rings. The SMILES string of the molecule is CC[C@H](C)NC(=O)[C@H](Cc1ccccc1)N(Cc1ccccc1C)C(=O)CN(c1cccc(C)c1C)S(=O)(=O)c1ccccc1. The van der Waals surface area contributed by atoms with Crippen molar-refractivity contribution in [1.82, 2.24) is 10.2 Å². The number of hydrogen-bond donors (Lipinski definition) is 1. The summed E-state index contributed by atoms with van der Waals surface area (Å²) in [5.41, 5.74) is 4.83. The molecule has 4 aromatic carbocycles. The van der Waals surface area contributed by atoms with E-state index in [-0.39, 0.29) is 29.8 Å². The van der Waals surface area contributed by atoms with Crippen LogP contribution in [0.1, 0.15) is 48.1 Å². The van der Waals surface area contributed by atoms with Gasteiger partial charge in [-0.25, -0.2) is 8.42 Å². The zero-order valence-electron chi connectivity index (χ0n) is 26.7. The number of nitrogens with zero attached hydrogens (tertiary/aromatic N) is 2. The van der Waals surface area contributed by atoms with Crippen molar-refractivity contribution >= 4 is 27.5 Å². The molecule has 2 amide bonds. The number of hydrogen-bond acceptors (Lipinski definition) is 4. The van der Waals surface area contributed by atoms with Gasteiger partial charge in [0.2, 0.25) is 11.8 Å². The summed E-state index contributed by atoms with van der Waals surface area (Å²) in [6, 6.07) is 29.9. The second-order valence-electron chi connectivity index (χ2n) is 11.5. The lowest BCUT2D eigenvalue weighted by atomic mass is 10.0. The molecule has 8 heteroatoms. The van der Waals surface area contributed by atoms with E-state index < -0.39 is 28.5 Å². The Morgan fingerprint density at radius 1 is 0.778 bits per heavy atom. The van der Waals surface area contributed by atoms with Gasteiger partial charge in [0.15, 0.2) is 0 Å². The molecule has 0 aliphatic rings. The predicted molar refractivity (Wildman–Crippen MR) is 180 cm³/mol. The lowest BCUT2D eigenvalue weighted by Crippen LogP contribution is -2.54. The van der Waals surface area contributed by atoms with Crippen LogP contribution in [-0.4, -0.2) is 43.8 Å². The van der Waals surface area contributed by atoms with Gasteiger partial charge in [-0.2, -0.15) is 0 Å². The molecule has 45 heavy (non-hydrogen) atoms. The van der Waals surface area contributed by atoms with Crippen LogP contribution in [0.25, 0.3) is 0 Å². The molecule has 0 unspecified atom stereocenters. The fourth-order valence-corrected chi connectivity index (χ4v) is 6.70. The first-order valence-corrected chi connectivity index (χ1v) is 16.8. The molecule has 236 valence electrons. The van der Waals surface area contributed by atoms with Crippen LogP contribution in [0, 0.1) is 20.8 Å². The summed E-state index contributed by atoms with van der Waals surface area (Å²) in [7, 11) is -4.15. The molecule has 7 nitrogen and oxygen atoms in total. The molecule has 4 rings (SSSR count). The van der Waals surface area contributed by atoms with E-state index in [0.717, 1.165) is 34.2 Å². The first kappa shape index (κ1) is 33.5. The van der Waals surface area contributed by atoms with Gasteiger partial charge in [-0.05, 0) is 80.1 Å². The molecule has 0 radical (unpaired) electrons. The molecule has 0 aliphatic heterocycles. The Labute approximate surface area is 268 Å². The minimum absolute atomic E-state index is 0.0829. The third-order valence-corrected chi connectivity index (χ3v) is 10.1. The molecule has 0 spiro atoms. The maximum Gasteiger partial charge on any atom is 0.264 e. The highest BCUT2D eigenvalue weighted by Crippen LogP contribution is 2.29. The van der Waals surface area contributed by atoms with Crippen LogP contribution in [0.3, 0.4) is 0 Å². The van der Waals surface area contributed by atoms with E-state index in [1.165, 1.54) is 16.4 Å². The van der Waals surface area contributed by atoms with E-state index in [9.17, 15) is 18.0 Å². The molecule has 0 saturated heterocycles. The van der Waals surface area contributed by atoms with E-state index >= 15 is 0 Å². The minimum atomic E-state index is -4.15. The zero-order valence-corrected chi connectivity index (χ0v) is 27.6. The third-order valence-electron chi connectivity index (χ3n) is 8.33. The summed E-state index contributed by atoms with van der Waals surface area (Å²) in [4.78, 5) is 30.3. The standard InChI is InChI=1S/C37H43N3O4S/c1-6-29(4)38-37(42)35(24-31-18-9-7-10-19-31)39(25-32-20-14-13-16-28(32)3)36(41)26-40(34-23-15-17-27(2)30(34)5)45(43,44)33-21-11-8-12-22-33/h7-23,29,35H,6,24-26H2,1-5H3,(H,38,42)/t29-,35-/m0/s1. The third kappa shape index (κ3) is 8.19. The van der Waals surface area contributed by atoms with Gasteiger partial charge in [-0.15, -0.1) is 0 Å². The fraction of sp³-hybridized carbons (Fsp3) is 0.297. The number of carbonyl (C=O) groups is 2. The molecule has 1 N–H and O–H groups in total.